The molecule has 1 heterocycles. The molecule has 0 saturated heterocycles. The van der Waals surface area contributed by atoms with Gasteiger partial charge in [0.2, 0.25) is 5.95 Å². The van der Waals surface area contributed by atoms with Gasteiger partial charge in [-0.2, -0.15) is 0 Å². The van der Waals surface area contributed by atoms with Gasteiger partial charge in [0.1, 0.15) is 5.69 Å². The van der Waals surface area contributed by atoms with Crippen molar-refractivity contribution < 1.29 is 13.2 Å². The van der Waals surface area contributed by atoms with Crippen LogP contribution in [0.5, 0.6) is 0 Å². The molecule has 2 aromatic rings. The second-order valence-electron chi connectivity index (χ2n) is 5.16. The van der Waals surface area contributed by atoms with Gasteiger partial charge in [-0.1, -0.05) is 25.1 Å². The minimum absolute atomic E-state index is 0.0498. The van der Waals surface area contributed by atoms with Gasteiger partial charge in [-0.15, -0.1) is 0 Å². The molecule has 24 heavy (non-hydrogen) atoms. The fraction of sp³-hybridized carbons (Fsp3) is 0.267. The van der Waals surface area contributed by atoms with E-state index in [1.54, 1.807) is 37.2 Å². The van der Waals surface area contributed by atoms with E-state index in [0.717, 1.165) is 0 Å². The van der Waals surface area contributed by atoms with E-state index in [9.17, 15) is 13.2 Å². The van der Waals surface area contributed by atoms with E-state index in [1.807, 2.05) is 6.92 Å². The highest BCUT2D eigenvalue weighted by molar-refractivity contribution is 9.10. The highest BCUT2D eigenvalue weighted by Gasteiger charge is 2.24. The Hall–Kier alpha value is -2.00. The molecule has 0 aliphatic carbocycles. The first-order chi connectivity index (χ1) is 11.3. The maximum Gasteiger partial charge on any atom is 0.284 e. The van der Waals surface area contributed by atoms with Crippen LogP contribution in [0.15, 0.2) is 39.8 Å². The molecule has 2 rings (SSSR count). The molecule has 0 saturated carbocycles. The summed E-state index contributed by atoms with van der Waals surface area (Å²) in [6, 6.07) is 6.55. The Balaban J connectivity index is 2.37. The fourth-order valence-corrected chi connectivity index (χ4v) is 3.65. The van der Waals surface area contributed by atoms with Crippen LogP contribution in [-0.2, 0) is 16.4 Å². The van der Waals surface area contributed by atoms with E-state index in [1.165, 1.54) is 12.3 Å². The number of carbonyl (C=O) groups is 1. The number of nitrogens with one attached hydrogen (secondary N) is 1. The number of sulfonamides is 1. The van der Waals surface area contributed by atoms with Crippen LogP contribution in [0.3, 0.4) is 0 Å². The number of nitrogens with zero attached hydrogens (tertiary/aromatic N) is 3. The lowest BCUT2D eigenvalue weighted by atomic mass is 10.2. The minimum Gasteiger partial charge on any atom is -0.347 e. The first kappa shape index (κ1) is 18.3. The first-order valence-electron chi connectivity index (χ1n) is 7.11. The van der Waals surface area contributed by atoms with Gasteiger partial charge >= 0.3 is 0 Å². The van der Waals surface area contributed by atoms with Crippen molar-refractivity contribution in [3.05, 3.63) is 46.2 Å². The molecule has 1 N–H and O–H groups in total. The minimum atomic E-state index is -3.99. The van der Waals surface area contributed by atoms with Crippen molar-refractivity contribution in [3.63, 3.8) is 0 Å². The highest BCUT2D eigenvalue weighted by Crippen LogP contribution is 2.19. The largest absolute Gasteiger partial charge is 0.347 e. The summed E-state index contributed by atoms with van der Waals surface area (Å²) in [4.78, 5) is 22.2. The molecule has 128 valence electrons. The highest BCUT2D eigenvalue weighted by atomic mass is 79.9. The molecule has 0 aliphatic rings. The smallest absolute Gasteiger partial charge is 0.284 e. The van der Waals surface area contributed by atoms with E-state index >= 15 is 0 Å². The molecule has 0 aliphatic heterocycles. The number of aromatic nitrogens is 2. The topological polar surface area (TPSA) is 92.3 Å². The van der Waals surface area contributed by atoms with E-state index in [2.05, 4.69) is 30.6 Å². The lowest BCUT2D eigenvalue weighted by Crippen LogP contribution is -2.32. The van der Waals surface area contributed by atoms with Crippen LogP contribution in [0.4, 0.5) is 5.95 Å². The van der Waals surface area contributed by atoms with Crippen LogP contribution in [-0.4, -0.2) is 38.4 Å². The molecular weight excluding hydrogens is 396 g/mol. The molecule has 1 aromatic carbocycles. The van der Waals surface area contributed by atoms with Crippen molar-refractivity contribution in [3.8, 4) is 0 Å². The predicted molar refractivity (Wildman–Crippen MR) is 94.5 cm³/mol. The molecule has 7 nitrogen and oxygen atoms in total. The maximum atomic E-state index is 12.5. The Morgan fingerprint density at radius 2 is 1.96 bits per heavy atom. The van der Waals surface area contributed by atoms with Gasteiger partial charge in [-0.25, -0.2) is 23.1 Å². The van der Waals surface area contributed by atoms with Crippen molar-refractivity contribution in [2.75, 3.05) is 19.0 Å². The van der Waals surface area contributed by atoms with Gasteiger partial charge in [0.05, 0.1) is 9.37 Å². The fourth-order valence-electron chi connectivity index (χ4n) is 2.02. The Morgan fingerprint density at radius 3 is 2.58 bits per heavy atom. The van der Waals surface area contributed by atoms with Crippen LogP contribution in [0.25, 0.3) is 0 Å². The quantitative estimate of drug-likeness (QED) is 0.806. The number of aryl methyl sites for hydroxylation is 1. The predicted octanol–water partition coefficient (Wildman–Crippen LogP) is 1.99. The van der Waals surface area contributed by atoms with Crippen molar-refractivity contribution in [2.45, 2.75) is 18.2 Å². The number of hydrogen-bond acceptors (Lipinski definition) is 6. The normalized spacial score (nSPS) is 11.2. The summed E-state index contributed by atoms with van der Waals surface area (Å²) in [5, 5.41) is 0. The van der Waals surface area contributed by atoms with E-state index in [0.29, 0.717) is 22.4 Å². The molecular formula is C15H17BrN4O3S. The third-order valence-electron chi connectivity index (χ3n) is 3.22. The van der Waals surface area contributed by atoms with Gasteiger partial charge in [-0.05, 0) is 34.0 Å². The van der Waals surface area contributed by atoms with Gasteiger partial charge in [-0.3, -0.25) is 4.79 Å². The zero-order chi connectivity index (χ0) is 17.9. The van der Waals surface area contributed by atoms with Crippen LogP contribution < -0.4 is 9.62 Å². The lowest BCUT2D eigenvalue weighted by Gasteiger charge is -2.13. The summed E-state index contributed by atoms with van der Waals surface area (Å²) in [7, 11) is -0.552. The Kier molecular flexibility index (Phi) is 5.55. The number of benzene rings is 1. The summed E-state index contributed by atoms with van der Waals surface area (Å²) in [6.45, 7) is 1.85. The standard InChI is InChI=1S/C15H17BrN4O3S/c1-4-10-7-5-6-8-12(10)24(22,23)19-14(21)13-11(16)9-17-15(18-13)20(2)3/h5-9H,4H2,1-3H3,(H,19,21). The number of rotatable bonds is 5. The summed E-state index contributed by atoms with van der Waals surface area (Å²) >= 11 is 3.17. The molecule has 0 spiro atoms. The summed E-state index contributed by atoms with van der Waals surface area (Å²) < 4.78 is 27.4. The van der Waals surface area contributed by atoms with Gasteiger partial charge < -0.3 is 4.90 Å². The first-order valence-corrected chi connectivity index (χ1v) is 9.38. The molecule has 0 atom stereocenters. The third-order valence-corrected chi connectivity index (χ3v) is 5.23. The van der Waals surface area contributed by atoms with E-state index in [-0.39, 0.29) is 10.6 Å². The number of halogens is 1. The number of carbonyl (C=O) groups excluding carboxylic acids is 1. The Morgan fingerprint density at radius 1 is 1.29 bits per heavy atom. The Bertz CT molecular complexity index is 869. The molecule has 1 amide bonds. The van der Waals surface area contributed by atoms with Crippen molar-refractivity contribution >= 4 is 37.8 Å². The summed E-state index contributed by atoms with van der Waals surface area (Å²) in [5.41, 5.74) is 0.583. The van der Waals surface area contributed by atoms with Crippen LogP contribution in [0, 0.1) is 0 Å². The maximum absolute atomic E-state index is 12.5. The monoisotopic (exact) mass is 412 g/mol. The Labute approximate surface area is 149 Å². The van der Waals surface area contributed by atoms with Crippen molar-refractivity contribution in [1.29, 1.82) is 0 Å². The van der Waals surface area contributed by atoms with Crippen LogP contribution in [0.2, 0.25) is 0 Å². The van der Waals surface area contributed by atoms with E-state index < -0.39 is 15.9 Å². The molecule has 0 radical (unpaired) electrons. The molecule has 1 aromatic heterocycles. The zero-order valence-corrected chi connectivity index (χ0v) is 15.8. The lowest BCUT2D eigenvalue weighted by molar-refractivity contribution is 0.0975. The van der Waals surface area contributed by atoms with Crippen LogP contribution in [0.1, 0.15) is 23.0 Å². The number of amides is 1. The zero-order valence-electron chi connectivity index (χ0n) is 13.4. The third kappa shape index (κ3) is 3.90. The van der Waals surface area contributed by atoms with Crippen molar-refractivity contribution in [1.82, 2.24) is 14.7 Å². The van der Waals surface area contributed by atoms with Gasteiger partial charge in [0.25, 0.3) is 15.9 Å². The molecule has 0 bridgehead atoms. The number of anilines is 1. The molecule has 0 unspecified atom stereocenters. The average Bonchev–Trinajstić information content (AvgIpc) is 2.54. The second-order valence-corrected chi connectivity index (χ2v) is 7.66. The second kappa shape index (κ2) is 7.27. The molecule has 9 heteroatoms. The molecule has 0 fully saturated rings. The average molecular weight is 413 g/mol. The van der Waals surface area contributed by atoms with Crippen LogP contribution >= 0.6 is 15.9 Å². The van der Waals surface area contributed by atoms with Gasteiger partial charge in [0, 0.05) is 20.3 Å². The SMILES string of the molecule is CCc1ccccc1S(=O)(=O)NC(=O)c1nc(N(C)C)ncc1Br. The van der Waals surface area contributed by atoms with E-state index in [4.69, 9.17) is 0 Å². The van der Waals surface area contributed by atoms with Crippen molar-refractivity contribution in [2.24, 2.45) is 0 Å². The van der Waals surface area contributed by atoms with Gasteiger partial charge in [0.15, 0.2) is 0 Å². The number of hydrogen-bond donors (Lipinski definition) is 1. The summed E-state index contributed by atoms with van der Waals surface area (Å²) in [6.07, 6.45) is 1.94. The summed E-state index contributed by atoms with van der Waals surface area (Å²) in [5.74, 6) is -0.520.